The number of allylic oxidation sites excluding steroid dienone is 1. The predicted octanol–water partition coefficient (Wildman–Crippen LogP) is 3.71. The molecule has 3 atom stereocenters. The van der Waals surface area contributed by atoms with E-state index in [-0.39, 0.29) is 23.8 Å². The van der Waals surface area contributed by atoms with Gasteiger partial charge in [0.25, 0.3) is 0 Å². The van der Waals surface area contributed by atoms with E-state index in [9.17, 15) is 4.39 Å². The zero-order valence-corrected chi connectivity index (χ0v) is 18.2. The Morgan fingerprint density at radius 2 is 2.03 bits per heavy atom. The van der Waals surface area contributed by atoms with Gasteiger partial charge in [0, 0.05) is 24.8 Å². The van der Waals surface area contributed by atoms with Crippen molar-refractivity contribution >= 4 is 23.2 Å². The Labute approximate surface area is 181 Å². The fraction of sp³-hybridized carbons (Fsp3) is 0.476. The molecule has 1 aromatic heterocycles. The molecule has 0 amide bonds. The first kappa shape index (κ1) is 20.6. The Morgan fingerprint density at radius 1 is 1.33 bits per heavy atom. The molecule has 9 heteroatoms. The Hall–Kier alpha value is -2.68. The number of ether oxygens (including phenoxy) is 1. The van der Waals surface area contributed by atoms with Crippen LogP contribution in [0.15, 0.2) is 36.0 Å². The third kappa shape index (κ3) is 4.12. The maximum atomic E-state index is 14.0. The number of anilines is 1. The number of rotatable bonds is 6. The molecule has 2 unspecified atom stereocenters. The van der Waals surface area contributed by atoms with Crippen LogP contribution in [0.3, 0.4) is 0 Å². The van der Waals surface area contributed by atoms with Crippen LogP contribution in [0.25, 0.3) is 0 Å². The highest BCUT2D eigenvalue weighted by Gasteiger charge is 2.47. The zero-order chi connectivity index (χ0) is 21.4. The van der Waals surface area contributed by atoms with Gasteiger partial charge in [-0.3, -0.25) is 0 Å². The van der Waals surface area contributed by atoms with Crippen molar-refractivity contribution in [2.24, 2.45) is 17.6 Å². The third-order valence-electron chi connectivity index (χ3n) is 5.62. The van der Waals surface area contributed by atoms with Crippen molar-refractivity contribution in [2.75, 3.05) is 18.4 Å². The number of nitrogens with two attached hydrogens (primary N) is 1. The van der Waals surface area contributed by atoms with Crippen molar-refractivity contribution in [3.8, 4) is 11.8 Å². The molecule has 3 aliphatic rings. The number of piperidine rings is 2. The lowest BCUT2D eigenvalue weighted by Gasteiger charge is -2.54. The van der Waals surface area contributed by atoms with Gasteiger partial charge in [-0.1, -0.05) is 24.4 Å². The van der Waals surface area contributed by atoms with Crippen LogP contribution >= 0.6 is 12.2 Å². The Morgan fingerprint density at radius 3 is 2.67 bits per heavy atom. The molecule has 0 spiro atoms. The molecule has 1 aliphatic carbocycles. The standard InChI is InChI=1S/C21H27FN6OS/c1-12(2)28-21(29-17-7-5-4-6-16(17)22)25-20(26-28)24-19-14-9-15(19)11-27(10-14)18(30)8-13(3)23/h4-8,12,14-15,19H,9-11,23H2,1-3H3,(H,24,26)/t14-,15?,19?/m0/s1. The number of benzene rings is 1. The van der Waals surface area contributed by atoms with Gasteiger partial charge in [0.05, 0.1) is 6.04 Å². The summed E-state index contributed by atoms with van der Waals surface area (Å²) in [6, 6.07) is 6.86. The van der Waals surface area contributed by atoms with Gasteiger partial charge in [-0.2, -0.15) is 4.98 Å². The molecule has 3 N–H and O–H groups in total. The van der Waals surface area contributed by atoms with Crippen LogP contribution in [-0.2, 0) is 0 Å². The summed E-state index contributed by atoms with van der Waals surface area (Å²) in [5.41, 5.74) is 6.48. The first-order valence-electron chi connectivity index (χ1n) is 10.2. The maximum absolute atomic E-state index is 14.0. The Balaban J connectivity index is 1.46. The smallest absolute Gasteiger partial charge is 0.322 e. The average Bonchev–Trinajstić information content (AvgIpc) is 3.10. The van der Waals surface area contributed by atoms with Gasteiger partial charge >= 0.3 is 6.01 Å². The van der Waals surface area contributed by atoms with Gasteiger partial charge in [-0.15, -0.1) is 5.10 Å². The summed E-state index contributed by atoms with van der Waals surface area (Å²) in [4.78, 5) is 7.51. The Kier molecular flexibility index (Phi) is 5.64. The predicted molar refractivity (Wildman–Crippen MR) is 118 cm³/mol. The van der Waals surface area contributed by atoms with E-state index < -0.39 is 5.82 Å². The van der Waals surface area contributed by atoms with Crippen LogP contribution in [0.5, 0.6) is 11.8 Å². The van der Waals surface area contributed by atoms with Gasteiger partial charge in [0.2, 0.25) is 5.95 Å². The molecule has 3 fully saturated rings. The molecule has 1 aromatic carbocycles. The van der Waals surface area contributed by atoms with E-state index in [2.05, 4.69) is 20.3 Å². The van der Waals surface area contributed by atoms with Gasteiger partial charge in [-0.05, 0) is 57.2 Å². The second-order valence-corrected chi connectivity index (χ2v) is 8.76. The van der Waals surface area contributed by atoms with Crippen molar-refractivity contribution < 1.29 is 9.13 Å². The van der Waals surface area contributed by atoms with Crippen molar-refractivity contribution in [3.63, 3.8) is 0 Å². The van der Waals surface area contributed by atoms with Crippen molar-refractivity contribution in [3.05, 3.63) is 41.9 Å². The number of nitrogens with zero attached hydrogens (tertiary/aromatic N) is 4. The van der Waals surface area contributed by atoms with Crippen molar-refractivity contribution in [1.29, 1.82) is 0 Å². The SMILES string of the molecule is CC(N)=CC(=S)N1CC2C[C@@H](C1)C2Nc1nc(Oc2ccccc2F)n(C(C)C)n1. The molecule has 2 saturated heterocycles. The highest BCUT2D eigenvalue weighted by molar-refractivity contribution is 7.80. The van der Waals surface area contributed by atoms with Crippen molar-refractivity contribution in [2.45, 2.75) is 39.3 Å². The normalized spacial score (nSPS) is 23.3. The number of thiocarbonyl (C=S) groups is 1. The second kappa shape index (κ2) is 8.22. The number of hydrogen-bond donors (Lipinski definition) is 2. The number of para-hydroxylation sites is 1. The minimum Gasteiger partial charge on any atom is -0.421 e. The summed E-state index contributed by atoms with van der Waals surface area (Å²) in [5, 5.41) is 8.03. The Bertz CT molecular complexity index is 958. The summed E-state index contributed by atoms with van der Waals surface area (Å²) >= 11 is 5.49. The monoisotopic (exact) mass is 430 g/mol. The lowest BCUT2D eigenvalue weighted by atomic mass is 9.66. The lowest BCUT2D eigenvalue weighted by molar-refractivity contribution is 0.0514. The zero-order valence-electron chi connectivity index (χ0n) is 17.4. The molecule has 2 aliphatic heterocycles. The highest BCUT2D eigenvalue weighted by Crippen LogP contribution is 2.42. The molecule has 2 bridgehead atoms. The van der Waals surface area contributed by atoms with Gasteiger partial charge < -0.3 is 20.7 Å². The van der Waals surface area contributed by atoms with Crippen LogP contribution < -0.4 is 15.8 Å². The molecule has 30 heavy (non-hydrogen) atoms. The average molecular weight is 431 g/mol. The minimum absolute atomic E-state index is 0.0230. The molecule has 3 heterocycles. The van der Waals surface area contributed by atoms with Crippen LogP contribution in [0, 0.1) is 17.7 Å². The van der Waals surface area contributed by atoms with E-state index in [0.29, 0.717) is 17.8 Å². The number of halogens is 1. The van der Waals surface area contributed by atoms with E-state index in [1.54, 1.807) is 22.9 Å². The second-order valence-electron chi connectivity index (χ2n) is 8.35. The van der Waals surface area contributed by atoms with Crippen LogP contribution in [-0.4, -0.2) is 43.8 Å². The van der Waals surface area contributed by atoms with E-state index in [4.69, 9.17) is 22.7 Å². The summed E-state index contributed by atoms with van der Waals surface area (Å²) in [7, 11) is 0. The number of hydrogen-bond acceptors (Lipinski definition) is 6. The molecular formula is C21H27FN6OS. The molecular weight excluding hydrogens is 403 g/mol. The summed E-state index contributed by atoms with van der Waals surface area (Å²) < 4.78 is 21.4. The molecule has 5 rings (SSSR count). The molecule has 1 saturated carbocycles. The number of nitrogens with one attached hydrogen (secondary N) is 1. The van der Waals surface area contributed by atoms with Crippen LogP contribution in [0.4, 0.5) is 10.3 Å². The topological polar surface area (TPSA) is 81.2 Å². The maximum Gasteiger partial charge on any atom is 0.322 e. The summed E-state index contributed by atoms with van der Waals surface area (Å²) in [5.74, 6) is 1.14. The van der Waals surface area contributed by atoms with Gasteiger partial charge in [0.15, 0.2) is 11.6 Å². The van der Waals surface area contributed by atoms with E-state index >= 15 is 0 Å². The number of fused-ring (bicyclic) bond motifs is 2. The van der Waals surface area contributed by atoms with E-state index in [0.717, 1.165) is 30.2 Å². The third-order valence-corrected chi connectivity index (χ3v) is 5.99. The summed E-state index contributed by atoms with van der Waals surface area (Å²) in [6.45, 7) is 7.59. The lowest BCUT2D eigenvalue weighted by Crippen LogP contribution is -2.62. The first-order chi connectivity index (χ1) is 14.3. The fourth-order valence-electron chi connectivity index (χ4n) is 4.14. The quantitative estimate of drug-likeness (QED) is 0.534. The molecule has 0 radical (unpaired) electrons. The largest absolute Gasteiger partial charge is 0.421 e. The molecule has 2 aromatic rings. The highest BCUT2D eigenvalue weighted by atomic mass is 32.1. The van der Waals surface area contributed by atoms with E-state index in [1.807, 2.05) is 26.8 Å². The van der Waals surface area contributed by atoms with Crippen LogP contribution in [0.2, 0.25) is 0 Å². The molecule has 160 valence electrons. The van der Waals surface area contributed by atoms with Gasteiger partial charge in [-0.25, -0.2) is 9.07 Å². The molecule has 7 nitrogen and oxygen atoms in total. The van der Waals surface area contributed by atoms with Gasteiger partial charge in [0.1, 0.15) is 4.99 Å². The fourth-order valence-corrected chi connectivity index (χ4v) is 4.48. The minimum atomic E-state index is -0.434. The summed E-state index contributed by atoms with van der Waals surface area (Å²) in [6.07, 6.45) is 3.01. The number of aromatic nitrogens is 3. The van der Waals surface area contributed by atoms with Crippen molar-refractivity contribution in [1.82, 2.24) is 19.7 Å². The van der Waals surface area contributed by atoms with Crippen LogP contribution in [0.1, 0.15) is 33.2 Å². The first-order valence-corrected chi connectivity index (χ1v) is 10.6. The van der Waals surface area contributed by atoms with E-state index in [1.165, 1.54) is 6.07 Å².